The minimum absolute atomic E-state index is 0.0534. The Labute approximate surface area is 163 Å². The number of hydrogen-bond acceptors (Lipinski definition) is 3. The molecule has 1 aromatic carbocycles. The molecule has 0 bridgehead atoms. The summed E-state index contributed by atoms with van der Waals surface area (Å²) in [6, 6.07) is 4.59. The third-order valence-corrected chi connectivity index (χ3v) is 5.83. The molecule has 1 aromatic heterocycles. The molecule has 1 saturated heterocycles. The van der Waals surface area contributed by atoms with Gasteiger partial charge < -0.3 is 19.5 Å². The highest BCUT2D eigenvalue weighted by atomic mass is 19.1. The van der Waals surface area contributed by atoms with Crippen LogP contribution < -0.4 is 0 Å². The molecule has 0 spiro atoms. The van der Waals surface area contributed by atoms with E-state index in [1.807, 2.05) is 13.8 Å². The Morgan fingerprint density at radius 1 is 1.32 bits per heavy atom. The molecule has 6 nitrogen and oxygen atoms in total. The quantitative estimate of drug-likeness (QED) is 0.802. The largest absolute Gasteiger partial charge is 0.379 e. The lowest BCUT2D eigenvalue weighted by Gasteiger charge is -2.49. The van der Waals surface area contributed by atoms with Gasteiger partial charge in [-0.15, -0.1) is 0 Å². The molecule has 1 atom stereocenters. The highest BCUT2D eigenvalue weighted by Gasteiger charge is 2.53. The first kappa shape index (κ1) is 18.9. The Balaban J connectivity index is 1.67. The standard InChI is InChI=1S/C21H26FN3O3/c1-13(2)28-10-4-8-24-12-18(26)25-9-7-15-16-11-14(22)5-6-17(16)23-19(15)21(25,3)20(24)27/h5-6,11,13,23H,4,7-10,12H2,1-3H3. The van der Waals surface area contributed by atoms with Crippen molar-refractivity contribution in [3.63, 3.8) is 0 Å². The van der Waals surface area contributed by atoms with E-state index in [0.717, 1.165) is 16.5 Å². The number of carbonyl (C=O) groups is 2. The van der Waals surface area contributed by atoms with Crippen molar-refractivity contribution in [3.8, 4) is 0 Å². The van der Waals surface area contributed by atoms with Crippen molar-refractivity contribution in [3.05, 3.63) is 35.3 Å². The summed E-state index contributed by atoms with van der Waals surface area (Å²) >= 11 is 0. The van der Waals surface area contributed by atoms with Crippen LogP contribution in [-0.4, -0.2) is 58.9 Å². The average molecular weight is 387 g/mol. The van der Waals surface area contributed by atoms with E-state index >= 15 is 0 Å². The number of hydrogen-bond donors (Lipinski definition) is 1. The van der Waals surface area contributed by atoms with Gasteiger partial charge in [-0.05, 0) is 57.4 Å². The molecule has 2 aliphatic heterocycles. The molecule has 2 amide bonds. The van der Waals surface area contributed by atoms with Crippen molar-refractivity contribution in [2.45, 2.75) is 45.3 Å². The SMILES string of the molecule is CC(C)OCCCN1CC(=O)N2CCc3c([nH]c4ccc(F)cc34)C2(C)C1=O. The Morgan fingerprint density at radius 2 is 2.11 bits per heavy atom. The van der Waals surface area contributed by atoms with Crippen LogP contribution in [0.3, 0.4) is 0 Å². The number of piperazine rings is 1. The van der Waals surface area contributed by atoms with Crippen LogP contribution in [0.1, 0.15) is 38.4 Å². The predicted molar refractivity (Wildman–Crippen MR) is 103 cm³/mol. The molecule has 3 heterocycles. The molecule has 7 heteroatoms. The third-order valence-electron chi connectivity index (χ3n) is 5.83. The summed E-state index contributed by atoms with van der Waals surface area (Å²) in [5.74, 6) is -0.452. The van der Waals surface area contributed by atoms with Gasteiger partial charge in [0.15, 0.2) is 5.54 Å². The molecule has 0 radical (unpaired) electrons. The highest BCUT2D eigenvalue weighted by Crippen LogP contribution is 2.42. The van der Waals surface area contributed by atoms with Crippen molar-refractivity contribution in [2.24, 2.45) is 0 Å². The predicted octanol–water partition coefficient (Wildman–Crippen LogP) is 2.56. The molecule has 1 unspecified atom stereocenters. The highest BCUT2D eigenvalue weighted by molar-refractivity contribution is 6.00. The van der Waals surface area contributed by atoms with Crippen LogP contribution in [-0.2, 0) is 26.3 Å². The summed E-state index contributed by atoms with van der Waals surface area (Å²) < 4.78 is 19.3. The number of ether oxygens (including phenoxy) is 1. The molecular weight excluding hydrogens is 361 g/mol. The fraction of sp³-hybridized carbons (Fsp3) is 0.524. The van der Waals surface area contributed by atoms with Gasteiger partial charge in [0.05, 0.1) is 18.3 Å². The lowest BCUT2D eigenvalue weighted by Crippen LogP contribution is -2.67. The summed E-state index contributed by atoms with van der Waals surface area (Å²) in [7, 11) is 0. The van der Waals surface area contributed by atoms with E-state index in [-0.39, 0.29) is 30.3 Å². The van der Waals surface area contributed by atoms with E-state index < -0.39 is 5.54 Å². The van der Waals surface area contributed by atoms with E-state index in [4.69, 9.17) is 4.74 Å². The molecule has 0 saturated carbocycles. The number of fused-ring (bicyclic) bond motifs is 5. The number of rotatable bonds is 5. The molecule has 0 aliphatic carbocycles. The van der Waals surface area contributed by atoms with Gasteiger partial charge in [-0.25, -0.2) is 4.39 Å². The van der Waals surface area contributed by atoms with Crippen LogP contribution in [0.4, 0.5) is 4.39 Å². The van der Waals surface area contributed by atoms with Crippen LogP contribution in [0.25, 0.3) is 10.9 Å². The van der Waals surface area contributed by atoms with Gasteiger partial charge in [0.1, 0.15) is 5.82 Å². The molecule has 1 N–H and O–H groups in total. The van der Waals surface area contributed by atoms with Crippen molar-refractivity contribution in [1.82, 2.24) is 14.8 Å². The number of carbonyl (C=O) groups excluding carboxylic acids is 2. The van der Waals surface area contributed by atoms with Gasteiger partial charge in [-0.3, -0.25) is 9.59 Å². The minimum Gasteiger partial charge on any atom is -0.379 e. The van der Waals surface area contributed by atoms with Gasteiger partial charge in [-0.2, -0.15) is 0 Å². The number of benzene rings is 1. The summed E-state index contributed by atoms with van der Waals surface area (Å²) in [4.78, 5) is 32.9. The zero-order valence-electron chi connectivity index (χ0n) is 16.5. The van der Waals surface area contributed by atoms with Crippen molar-refractivity contribution in [2.75, 3.05) is 26.2 Å². The zero-order valence-corrected chi connectivity index (χ0v) is 16.5. The second kappa shape index (κ2) is 6.88. The van der Waals surface area contributed by atoms with E-state index in [1.54, 1.807) is 22.8 Å². The lowest BCUT2D eigenvalue weighted by atomic mass is 9.83. The summed E-state index contributed by atoms with van der Waals surface area (Å²) in [6.45, 7) is 7.32. The number of amides is 2. The fourth-order valence-corrected chi connectivity index (χ4v) is 4.46. The number of halogens is 1. The van der Waals surface area contributed by atoms with Gasteiger partial charge in [0.2, 0.25) is 5.91 Å². The van der Waals surface area contributed by atoms with Crippen LogP contribution in [0, 0.1) is 5.82 Å². The van der Waals surface area contributed by atoms with E-state index in [0.29, 0.717) is 38.2 Å². The zero-order chi connectivity index (χ0) is 20.1. The maximum Gasteiger partial charge on any atom is 0.254 e. The lowest BCUT2D eigenvalue weighted by molar-refractivity contribution is -0.166. The molecule has 28 heavy (non-hydrogen) atoms. The van der Waals surface area contributed by atoms with Gasteiger partial charge in [0.25, 0.3) is 5.91 Å². The van der Waals surface area contributed by atoms with Crippen molar-refractivity contribution < 1.29 is 18.7 Å². The number of nitrogens with zero attached hydrogens (tertiary/aromatic N) is 2. The first-order valence-corrected chi connectivity index (χ1v) is 9.84. The van der Waals surface area contributed by atoms with Gasteiger partial charge in [0, 0.05) is 30.6 Å². The number of aromatic amines is 1. The molecule has 4 rings (SSSR count). The number of aromatic nitrogens is 1. The second-order valence-electron chi connectivity index (χ2n) is 8.04. The Kier molecular flexibility index (Phi) is 4.65. The molecule has 2 aliphatic rings. The maximum absolute atomic E-state index is 13.8. The number of H-pyrrole nitrogens is 1. The first-order chi connectivity index (χ1) is 13.3. The minimum atomic E-state index is -1.09. The Bertz CT molecular complexity index is 938. The summed E-state index contributed by atoms with van der Waals surface area (Å²) in [5, 5.41) is 0.790. The fourth-order valence-electron chi connectivity index (χ4n) is 4.46. The van der Waals surface area contributed by atoms with Crippen LogP contribution in [0.15, 0.2) is 18.2 Å². The molecule has 1 fully saturated rings. The average Bonchev–Trinajstić information content (AvgIpc) is 3.02. The van der Waals surface area contributed by atoms with Crippen LogP contribution in [0.5, 0.6) is 0 Å². The van der Waals surface area contributed by atoms with Crippen LogP contribution in [0.2, 0.25) is 0 Å². The Morgan fingerprint density at radius 3 is 2.86 bits per heavy atom. The van der Waals surface area contributed by atoms with E-state index in [9.17, 15) is 14.0 Å². The maximum atomic E-state index is 13.8. The van der Waals surface area contributed by atoms with Gasteiger partial charge in [-0.1, -0.05) is 0 Å². The smallest absolute Gasteiger partial charge is 0.254 e. The van der Waals surface area contributed by atoms with E-state index in [2.05, 4.69) is 4.98 Å². The topological polar surface area (TPSA) is 65.6 Å². The van der Waals surface area contributed by atoms with E-state index in [1.165, 1.54) is 12.1 Å². The first-order valence-electron chi connectivity index (χ1n) is 9.84. The van der Waals surface area contributed by atoms with Crippen LogP contribution >= 0.6 is 0 Å². The molecule has 150 valence electrons. The van der Waals surface area contributed by atoms with Crippen molar-refractivity contribution >= 4 is 22.7 Å². The molecule has 2 aromatic rings. The third kappa shape index (κ3) is 2.89. The molecular formula is C21H26FN3O3. The van der Waals surface area contributed by atoms with Crippen molar-refractivity contribution in [1.29, 1.82) is 0 Å². The normalized spacial score (nSPS) is 22.2. The Hall–Kier alpha value is -2.41. The summed E-state index contributed by atoms with van der Waals surface area (Å²) in [5.41, 5.74) is 1.34. The monoisotopic (exact) mass is 387 g/mol. The second-order valence-corrected chi connectivity index (χ2v) is 8.04. The summed E-state index contributed by atoms with van der Waals surface area (Å²) in [6.07, 6.45) is 1.42. The number of nitrogens with one attached hydrogen (secondary N) is 1. The van der Waals surface area contributed by atoms with Gasteiger partial charge >= 0.3 is 0 Å².